The van der Waals surface area contributed by atoms with Crippen molar-refractivity contribution in [2.75, 3.05) is 6.61 Å². The minimum absolute atomic E-state index is 0.267. The number of thiocarbonyl (C=S) groups is 1. The Labute approximate surface area is 126 Å². The Morgan fingerprint density at radius 3 is 2.70 bits per heavy atom. The lowest BCUT2D eigenvalue weighted by Gasteiger charge is -2.30. The molecule has 4 heteroatoms. The van der Waals surface area contributed by atoms with Crippen LogP contribution in [-0.4, -0.2) is 17.8 Å². The molecule has 1 aromatic carbocycles. The normalized spacial score (nSPS) is 22.5. The van der Waals surface area contributed by atoms with Crippen LogP contribution in [0.2, 0.25) is 0 Å². The number of fused-ring (bicyclic) bond motifs is 1. The molecule has 1 saturated carbocycles. The molecule has 1 atom stereocenters. The van der Waals surface area contributed by atoms with Gasteiger partial charge in [-0.25, -0.2) is 0 Å². The quantitative estimate of drug-likeness (QED) is 0.819. The van der Waals surface area contributed by atoms with Crippen LogP contribution in [0.25, 0.3) is 0 Å². The number of hydrogen-bond acceptors (Lipinski definition) is 2. The van der Waals surface area contributed by atoms with Gasteiger partial charge in [-0.3, -0.25) is 0 Å². The molecule has 1 aliphatic heterocycles. The van der Waals surface area contributed by atoms with Gasteiger partial charge in [-0.05, 0) is 31.1 Å². The van der Waals surface area contributed by atoms with Crippen LogP contribution in [0.3, 0.4) is 0 Å². The smallest absolute Gasteiger partial charge is 0.166 e. The molecular formula is C16H22N2OS. The first-order valence-electron chi connectivity index (χ1n) is 7.62. The summed E-state index contributed by atoms with van der Waals surface area (Å²) in [5.74, 6) is 0.983. The third kappa shape index (κ3) is 3.23. The molecule has 0 radical (unpaired) electrons. The second-order valence-electron chi connectivity index (χ2n) is 5.68. The predicted octanol–water partition coefficient (Wildman–Crippen LogP) is 3.31. The molecule has 3 rings (SSSR count). The number of rotatable bonds is 2. The monoisotopic (exact) mass is 290 g/mol. The third-order valence-corrected chi connectivity index (χ3v) is 4.44. The molecule has 1 aliphatic carbocycles. The summed E-state index contributed by atoms with van der Waals surface area (Å²) in [5, 5.41) is 7.73. The van der Waals surface area contributed by atoms with Crippen molar-refractivity contribution < 1.29 is 4.74 Å². The molecule has 0 spiro atoms. The maximum Gasteiger partial charge on any atom is 0.166 e. The van der Waals surface area contributed by atoms with E-state index in [0.717, 1.165) is 23.9 Å². The highest BCUT2D eigenvalue weighted by molar-refractivity contribution is 7.80. The van der Waals surface area contributed by atoms with Crippen molar-refractivity contribution in [3.05, 3.63) is 29.8 Å². The molecule has 0 saturated heterocycles. The molecular weight excluding hydrogens is 268 g/mol. The van der Waals surface area contributed by atoms with Crippen molar-refractivity contribution in [2.24, 2.45) is 0 Å². The van der Waals surface area contributed by atoms with Crippen molar-refractivity contribution in [1.82, 2.24) is 10.6 Å². The number of benzene rings is 1. The maximum atomic E-state index is 5.68. The Morgan fingerprint density at radius 1 is 1.05 bits per heavy atom. The predicted molar refractivity (Wildman–Crippen MR) is 85.0 cm³/mol. The summed E-state index contributed by atoms with van der Waals surface area (Å²) in [7, 11) is 0. The van der Waals surface area contributed by atoms with E-state index in [1.807, 2.05) is 12.1 Å². The van der Waals surface area contributed by atoms with E-state index in [1.165, 1.54) is 37.7 Å². The van der Waals surface area contributed by atoms with Crippen LogP contribution in [0.1, 0.15) is 50.1 Å². The average molecular weight is 290 g/mol. The number of para-hydroxylation sites is 1. The van der Waals surface area contributed by atoms with Gasteiger partial charge in [0.05, 0.1) is 12.6 Å². The molecule has 1 aromatic rings. The highest BCUT2D eigenvalue weighted by atomic mass is 32.1. The Morgan fingerprint density at radius 2 is 1.85 bits per heavy atom. The lowest BCUT2D eigenvalue weighted by Crippen LogP contribution is -2.44. The minimum Gasteiger partial charge on any atom is -0.493 e. The van der Waals surface area contributed by atoms with Gasteiger partial charge in [0, 0.05) is 18.0 Å². The molecule has 2 aliphatic rings. The Kier molecular flexibility index (Phi) is 4.41. The summed E-state index contributed by atoms with van der Waals surface area (Å²) in [6.07, 6.45) is 7.45. The van der Waals surface area contributed by atoms with Crippen LogP contribution in [0, 0.1) is 0 Å². The minimum atomic E-state index is 0.267. The van der Waals surface area contributed by atoms with Gasteiger partial charge >= 0.3 is 0 Å². The van der Waals surface area contributed by atoms with Crippen LogP contribution in [0.4, 0.5) is 0 Å². The molecule has 2 N–H and O–H groups in total. The summed E-state index contributed by atoms with van der Waals surface area (Å²) >= 11 is 5.48. The first kappa shape index (κ1) is 13.7. The molecule has 108 valence electrons. The molecule has 1 heterocycles. The molecule has 1 fully saturated rings. The van der Waals surface area contributed by atoms with Gasteiger partial charge in [0.2, 0.25) is 0 Å². The van der Waals surface area contributed by atoms with E-state index in [2.05, 4.69) is 22.8 Å². The summed E-state index contributed by atoms with van der Waals surface area (Å²) < 4.78 is 5.68. The van der Waals surface area contributed by atoms with Crippen molar-refractivity contribution in [1.29, 1.82) is 0 Å². The van der Waals surface area contributed by atoms with Crippen LogP contribution in [0.5, 0.6) is 5.75 Å². The topological polar surface area (TPSA) is 33.3 Å². The van der Waals surface area contributed by atoms with Gasteiger partial charge in [-0.1, -0.05) is 37.5 Å². The second kappa shape index (κ2) is 6.44. The standard InChI is InChI=1S/C16H22N2OS/c20-16(17-12-6-2-1-3-7-12)18-14-10-11-19-15-9-5-4-8-13(14)15/h4-5,8-9,12,14H,1-3,6-7,10-11H2,(H2,17,18,20). The maximum absolute atomic E-state index is 5.68. The molecule has 20 heavy (non-hydrogen) atoms. The Balaban J connectivity index is 1.59. The van der Waals surface area contributed by atoms with E-state index in [0.29, 0.717) is 6.04 Å². The fraction of sp³-hybridized carbons (Fsp3) is 0.562. The van der Waals surface area contributed by atoms with Crippen LogP contribution < -0.4 is 15.4 Å². The number of nitrogens with one attached hydrogen (secondary N) is 2. The fourth-order valence-electron chi connectivity index (χ4n) is 3.12. The van der Waals surface area contributed by atoms with Gasteiger partial charge in [-0.2, -0.15) is 0 Å². The van der Waals surface area contributed by atoms with Gasteiger partial charge in [0.25, 0.3) is 0 Å². The third-order valence-electron chi connectivity index (χ3n) is 4.20. The van der Waals surface area contributed by atoms with E-state index < -0.39 is 0 Å². The Hall–Kier alpha value is -1.29. The van der Waals surface area contributed by atoms with E-state index in [9.17, 15) is 0 Å². The Bertz CT molecular complexity index is 471. The highest BCUT2D eigenvalue weighted by Crippen LogP contribution is 2.31. The summed E-state index contributed by atoms with van der Waals surface area (Å²) in [6, 6.07) is 9.04. The van der Waals surface area contributed by atoms with Crippen molar-refractivity contribution >= 4 is 17.3 Å². The van der Waals surface area contributed by atoms with Gasteiger partial charge in [0.15, 0.2) is 5.11 Å². The van der Waals surface area contributed by atoms with E-state index in [-0.39, 0.29) is 6.04 Å². The lowest BCUT2D eigenvalue weighted by molar-refractivity contribution is 0.261. The molecule has 1 unspecified atom stereocenters. The highest BCUT2D eigenvalue weighted by Gasteiger charge is 2.22. The average Bonchev–Trinajstić information content (AvgIpc) is 2.48. The van der Waals surface area contributed by atoms with Crippen LogP contribution >= 0.6 is 12.2 Å². The molecule has 0 amide bonds. The zero-order valence-corrected chi connectivity index (χ0v) is 12.5. The number of ether oxygens (including phenoxy) is 1. The largest absolute Gasteiger partial charge is 0.493 e. The lowest BCUT2D eigenvalue weighted by atomic mass is 9.96. The zero-order valence-electron chi connectivity index (χ0n) is 11.7. The fourth-order valence-corrected chi connectivity index (χ4v) is 3.43. The van der Waals surface area contributed by atoms with Crippen molar-refractivity contribution in [3.8, 4) is 5.75 Å². The van der Waals surface area contributed by atoms with Gasteiger partial charge in [-0.15, -0.1) is 0 Å². The molecule has 0 aromatic heterocycles. The molecule has 3 nitrogen and oxygen atoms in total. The number of hydrogen-bond donors (Lipinski definition) is 2. The van der Waals surface area contributed by atoms with E-state index >= 15 is 0 Å². The summed E-state index contributed by atoms with van der Waals surface area (Å²) in [4.78, 5) is 0. The van der Waals surface area contributed by atoms with E-state index in [1.54, 1.807) is 0 Å². The zero-order chi connectivity index (χ0) is 13.8. The van der Waals surface area contributed by atoms with E-state index in [4.69, 9.17) is 17.0 Å². The summed E-state index contributed by atoms with van der Waals surface area (Å²) in [6.45, 7) is 0.751. The SMILES string of the molecule is S=C(NC1CCCCC1)NC1CCOc2ccccc21. The van der Waals surface area contributed by atoms with Gasteiger partial charge < -0.3 is 15.4 Å². The van der Waals surface area contributed by atoms with Crippen LogP contribution in [0.15, 0.2) is 24.3 Å². The second-order valence-corrected chi connectivity index (χ2v) is 6.09. The molecule has 0 bridgehead atoms. The van der Waals surface area contributed by atoms with Crippen molar-refractivity contribution in [2.45, 2.75) is 50.6 Å². The first-order chi connectivity index (χ1) is 9.83. The van der Waals surface area contributed by atoms with Crippen LogP contribution in [-0.2, 0) is 0 Å². The van der Waals surface area contributed by atoms with Gasteiger partial charge in [0.1, 0.15) is 5.75 Å². The first-order valence-corrected chi connectivity index (χ1v) is 8.02. The summed E-state index contributed by atoms with van der Waals surface area (Å²) in [5.41, 5.74) is 1.21. The van der Waals surface area contributed by atoms with Crippen molar-refractivity contribution in [3.63, 3.8) is 0 Å².